The number of benzene rings is 2. The molecule has 0 bridgehead atoms. The highest BCUT2D eigenvalue weighted by atomic mass is 16.5. The molecule has 172 valence electrons. The van der Waals surface area contributed by atoms with E-state index in [1.165, 1.54) is 0 Å². The third-order valence-electron chi connectivity index (χ3n) is 6.64. The first-order chi connectivity index (χ1) is 16.1. The molecule has 1 amide bonds. The number of para-hydroxylation sites is 1. The number of carbonyl (C=O) groups is 1. The van der Waals surface area contributed by atoms with Crippen LogP contribution in [0.4, 0.5) is 5.69 Å². The summed E-state index contributed by atoms with van der Waals surface area (Å²) in [5.41, 5.74) is 1.89. The minimum Gasteiger partial charge on any atom is -0.497 e. The van der Waals surface area contributed by atoms with Gasteiger partial charge < -0.3 is 14.5 Å². The molecule has 0 spiro atoms. The highest BCUT2D eigenvalue weighted by Gasteiger charge is 2.29. The summed E-state index contributed by atoms with van der Waals surface area (Å²) in [5.74, 6) is 1.72. The number of hydrogen-bond donors (Lipinski definition) is 0. The highest BCUT2D eigenvalue weighted by Crippen LogP contribution is 2.35. The summed E-state index contributed by atoms with van der Waals surface area (Å²) in [4.78, 5) is 35.2. The van der Waals surface area contributed by atoms with Crippen molar-refractivity contribution in [2.45, 2.75) is 38.1 Å². The molecule has 1 saturated heterocycles. The standard InChI is InChI=1S/C26H30N4O3/c1-33-21-11-9-19(10-12-21)28-15-4-16-29(18-17-28)25(31)14-13-24-27-23-6-3-2-5-22(23)26(32)30(24)20-7-8-20/h2-3,5-6,9-12,20H,4,7-8,13-18H2,1H3. The second-order valence-electron chi connectivity index (χ2n) is 8.87. The lowest BCUT2D eigenvalue weighted by molar-refractivity contribution is -0.131. The molecule has 5 rings (SSSR count). The smallest absolute Gasteiger partial charge is 0.261 e. The number of rotatable bonds is 6. The highest BCUT2D eigenvalue weighted by molar-refractivity contribution is 5.78. The Morgan fingerprint density at radius 1 is 1.03 bits per heavy atom. The van der Waals surface area contributed by atoms with Crippen LogP contribution in [0.5, 0.6) is 5.75 Å². The lowest BCUT2D eigenvalue weighted by Gasteiger charge is -2.24. The number of fused-ring (bicyclic) bond motifs is 1. The molecule has 2 fully saturated rings. The van der Waals surface area contributed by atoms with Crippen molar-refractivity contribution in [1.29, 1.82) is 0 Å². The van der Waals surface area contributed by atoms with Gasteiger partial charge in [0.1, 0.15) is 11.6 Å². The maximum Gasteiger partial charge on any atom is 0.261 e. The predicted molar refractivity (Wildman–Crippen MR) is 129 cm³/mol. The number of anilines is 1. The molecule has 1 saturated carbocycles. The van der Waals surface area contributed by atoms with E-state index in [1.807, 2.05) is 45.9 Å². The molecule has 7 nitrogen and oxygen atoms in total. The molecular weight excluding hydrogens is 416 g/mol. The Balaban J connectivity index is 1.25. The van der Waals surface area contributed by atoms with Crippen molar-refractivity contribution in [3.8, 4) is 5.75 Å². The van der Waals surface area contributed by atoms with Crippen LogP contribution in [0.15, 0.2) is 53.3 Å². The molecule has 0 N–H and O–H groups in total. The Kier molecular flexibility index (Phi) is 6.03. The molecule has 33 heavy (non-hydrogen) atoms. The van der Waals surface area contributed by atoms with Crippen LogP contribution in [0.3, 0.4) is 0 Å². The van der Waals surface area contributed by atoms with E-state index in [0.29, 0.717) is 30.3 Å². The molecule has 3 aromatic rings. The van der Waals surface area contributed by atoms with Gasteiger partial charge in [-0.1, -0.05) is 12.1 Å². The van der Waals surface area contributed by atoms with Crippen LogP contribution in [0.25, 0.3) is 10.9 Å². The largest absolute Gasteiger partial charge is 0.497 e. The maximum atomic E-state index is 13.1. The van der Waals surface area contributed by atoms with E-state index in [0.717, 1.165) is 56.2 Å². The van der Waals surface area contributed by atoms with E-state index >= 15 is 0 Å². The number of aryl methyl sites for hydroxylation is 1. The molecular formula is C26H30N4O3. The lowest BCUT2D eigenvalue weighted by Crippen LogP contribution is -2.35. The zero-order valence-corrected chi connectivity index (χ0v) is 19.1. The minimum absolute atomic E-state index is 0.0236. The zero-order chi connectivity index (χ0) is 22.8. The van der Waals surface area contributed by atoms with Gasteiger partial charge in [0, 0.05) is 50.7 Å². The summed E-state index contributed by atoms with van der Waals surface area (Å²) in [5, 5.41) is 0.658. The van der Waals surface area contributed by atoms with Crippen molar-refractivity contribution in [2.24, 2.45) is 0 Å². The van der Waals surface area contributed by atoms with Crippen LogP contribution in [0.2, 0.25) is 0 Å². The van der Waals surface area contributed by atoms with Gasteiger partial charge in [-0.15, -0.1) is 0 Å². The van der Waals surface area contributed by atoms with E-state index in [2.05, 4.69) is 17.0 Å². The van der Waals surface area contributed by atoms with Gasteiger partial charge in [-0.2, -0.15) is 0 Å². The fraction of sp³-hybridized carbons (Fsp3) is 0.423. The van der Waals surface area contributed by atoms with Crippen molar-refractivity contribution in [3.63, 3.8) is 0 Å². The van der Waals surface area contributed by atoms with Crippen LogP contribution in [0, 0.1) is 0 Å². The van der Waals surface area contributed by atoms with Crippen LogP contribution in [0.1, 0.15) is 37.5 Å². The van der Waals surface area contributed by atoms with Gasteiger partial charge in [-0.05, 0) is 55.7 Å². The first-order valence-electron chi connectivity index (χ1n) is 11.8. The molecule has 1 aliphatic carbocycles. The Morgan fingerprint density at radius 2 is 1.82 bits per heavy atom. The number of ether oxygens (including phenoxy) is 1. The maximum absolute atomic E-state index is 13.1. The predicted octanol–water partition coefficient (Wildman–Crippen LogP) is 3.41. The van der Waals surface area contributed by atoms with E-state index in [4.69, 9.17) is 9.72 Å². The SMILES string of the molecule is COc1ccc(N2CCCN(C(=O)CCc3nc4ccccc4c(=O)n3C3CC3)CC2)cc1. The Bertz CT molecular complexity index is 1200. The number of methoxy groups -OCH3 is 1. The third-order valence-corrected chi connectivity index (χ3v) is 6.64. The van der Waals surface area contributed by atoms with Crippen LogP contribution < -0.4 is 15.2 Å². The third kappa shape index (κ3) is 4.58. The number of hydrogen-bond acceptors (Lipinski definition) is 5. The first kappa shape index (κ1) is 21.5. The van der Waals surface area contributed by atoms with Crippen molar-refractivity contribution < 1.29 is 9.53 Å². The summed E-state index contributed by atoms with van der Waals surface area (Å²) in [7, 11) is 1.67. The van der Waals surface area contributed by atoms with Crippen molar-refractivity contribution in [3.05, 3.63) is 64.7 Å². The van der Waals surface area contributed by atoms with Crippen molar-refractivity contribution in [2.75, 3.05) is 38.2 Å². The van der Waals surface area contributed by atoms with Crippen LogP contribution in [-0.4, -0.2) is 53.6 Å². The quantitative estimate of drug-likeness (QED) is 0.581. The number of amides is 1. The van der Waals surface area contributed by atoms with Gasteiger partial charge >= 0.3 is 0 Å². The molecule has 2 heterocycles. The second-order valence-corrected chi connectivity index (χ2v) is 8.87. The topological polar surface area (TPSA) is 67.7 Å². The van der Waals surface area contributed by atoms with Crippen molar-refractivity contribution >= 4 is 22.5 Å². The van der Waals surface area contributed by atoms with Gasteiger partial charge in [-0.3, -0.25) is 14.2 Å². The molecule has 1 aliphatic heterocycles. The monoisotopic (exact) mass is 446 g/mol. The van der Waals surface area contributed by atoms with Gasteiger partial charge in [-0.25, -0.2) is 4.98 Å². The number of carbonyl (C=O) groups excluding carboxylic acids is 1. The summed E-state index contributed by atoms with van der Waals surface area (Å²) >= 11 is 0. The van der Waals surface area contributed by atoms with Gasteiger partial charge in [0.05, 0.1) is 18.0 Å². The lowest BCUT2D eigenvalue weighted by atomic mass is 10.2. The van der Waals surface area contributed by atoms with E-state index in [9.17, 15) is 9.59 Å². The zero-order valence-electron chi connectivity index (χ0n) is 19.1. The average Bonchev–Trinajstić information content (AvgIpc) is 3.70. The molecule has 0 atom stereocenters. The first-order valence-corrected chi connectivity index (χ1v) is 11.8. The minimum atomic E-state index is 0.0236. The Morgan fingerprint density at radius 3 is 2.58 bits per heavy atom. The van der Waals surface area contributed by atoms with Crippen LogP contribution >= 0.6 is 0 Å². The second kappa shape index (κ2) is 9.25. The van der Waals surface area contributed by atoms with E-state index in [-0.39, 0.29) is 17.5 Å². The van der Waals surface area contributed by atoms with E-state index < -0.39 is 0 Å². The summed E-state index contributed by atoms with van der Waals surface area (Å²) < 4.78 is 7.09. The Labute approximate surface area is 193 Å². The molecule has 2 aromatic carbocycles. The van der Waals surface area contributed by atoms with Crippen LogP contribution in [-0.2, 0) is 11.2 Å². The fourth-order valence-corrected chi connectivity index (χ4v) is 4.67. The summed E-state index contributed by atoms with van der Waals surface area (Å²) in [6, 6.07) is 15.8. The average molecular weight is 447 g/mol. The fourth-order valence-electron chi connectivity index (χ4n) is 4.67. The van der Waals surface area contributed by atoms with Gasteiger partial charge in [0.2, 0.25) is 5.91 Å². The summed E-state index contributed by atoms with van der Waals surface area (Å²) in [6.07, 6.45) is 3.81. The molecule has 0 radical (unpaired) electrons. The molecule has 7 heteroatoms. The van der Waals surface area contributed by atoms with E-state index in [1.54, 1.807) is 7.11 Å². The van der Waals surface area contributed by atoms with Crippen molar-refractivity contribution in [1.82, 2.24) is 14.5 Å². The normalized spacial score (nSPS) is 16.6. The molecule has 2 aliphatic rings. The summed E-state index contributed by atoms with van der Waals surface area (Å²) in [6.45, 7) is 3.18. The number of nitrogens with zero attached hydrogens (tertiary/aromatic N) is 4. The molecule has 0 unspecified atom stereocenters. The van der Waals surface area contributed by atoms with Gasteiger partial charge in [0.15, 0.2) is 0 Å². The number of aromatic nitrogens is 2. The Hall–Kier alpha value is -3.35. The van der Waals surface area contributed by atoms with Gasteiger partial charge in [0.25, 0.3) is 5.56 Å². The molecule has 1 aromatic heterocycles.